The van der Waals surface area contributed by atoms with E-state index in [1.54, 1.807) is 0 Å². The van der Waals surface area contributed by atoms with E-state index in [1.807, 2.05) is 78.9 Å². The van der Waals surface area contributed by atoms with Crippen LogP contribution in [-0.4, -0.2) is 19.1 Å². The number of ether oxygens (including phenoxy) is 2. The zero-order valence-electron chi connectivity index (χ0n) is 24.9. The zero-order valence-corrected chi connectivity index (χ0v) is 25.7. The highest BCUT2D eigenvalue weighted by molar-refractivity contribution is 6.32. The van der Waals surface area contributed by atoms with Gasteiger partial charge in [-0.3, -0.25) is 0 Å². The van der Waals surface area contributed by atoms with E-state index in [2.05, 4.69) is 61.3 Å². The Hall–Kier alpha value is -4.74. The average Bonchev–Trinajstić information content (AvgIpc) is 3.34. The first kappa shape index (κ1) is 28.1. The van der Waals surface area contributed by atoms with Crippen molar-refractivity contribution in [3.8, 4) is 11.5 Å². The summed E-state index contributed by atoms with van der Waals surface area (Å²) in [5, 5.41) is 4.35. The Balaban J connectivity index is 1.40. The Morgan fingerprint density at radius 1 is 0.818 bits per heavy atom. The highest BCUT2D eigenvalue weighted by Crippen LogP contribution is 2.58. The molecule has 2 atom stereocenters. The van der Waals surface area contributed by atoms with Crippen LogP contribution in [0.5, 0.6) is 11.5 Å². The maximum Gasteiger partial charge on any atom is 0.340 e. The number of halogens is 1. The maximum absolute atomic E-state index is 13.4. The number of rotatable bonds is 7. The second kappa shape index (κ2) is 11.1. The Labute approximate surface area is 263 Å². The van der Waals surface area contributed by atoms with Crippen molar-refractivity contribution in [3.05, 3.63) is 148 Å². The lowest BCUT2D eigenvalue weighted by Crippen LogP contribution is -2.33. The molecule has 0 saturated carbocycles. The van der Waals surface area contributed by atoms with Crippen LogP contribution in [0.25, 0.3) is 0 Å². The lowest BCUT2D eigenvalue weighted by atomic mass is 9.77. The number of carbonyl (C=O) groups excluding carboxylic acids is 1. The molecular weight excluding hydrogens is 568 g/mol. The van der Waals surface area contributed by atoms with E-state index in [9.17, 15) is 4.79 Å². The summed E-state index contributed by atoms with van der Waals surface area (Å²) in [6.07, 6.45) is 0. The van der Waals surface area contributed by atoms with E-state index >= 15 is 0 Å². The molecule has 0 aromatic heterocycles. The molecule has 0 aliphatic carbocycles. The fourth-order valence-electron chi connectivity index (χ4n) is 6.78. The number of para-hydroxylation sites is 1. The van der Waals surface area contributed by atoms with Crippen molar-refractivity contribution in [2.24, 2.45) is 0 Å². The van der Waals surface area contributed by atoms with Gasteiger partial charge in [0.1, 0.15) is 11.5 Å². The van der Waals surface area contributed by atoms with Gasteiger partial charge in [0.15, 0.2) is 5.60 Å². The smallest absolute Gasteiger partial charge is 0.340 e. The first-order chi connectivity index (χ1) is 21.5. The Kier molecular flexibility index (Phi) is 7.06. The van der Waals surface area contributed by atoms with Crippen molar-refractivity contribution in [1.29, 1.82) is 0 Å². The maximum atomic E-state index is 13.4. The Bertz CT molecular complexity index is 1890. The molecule has 5 aromatic rings. The van der Waals surface area contributed by atoms with Crippen LogP contribution in [0.15, 0.2) is 109 Å². The first-order valence-corrected chi connectivity index (χ1v) is 15.5. The van der Waals surface area contributed by atoms with Gasteiger partial charge >= 0.3 is 5.97 Å². The standard InChI is InChI=1S/C38H33ClN2O3/c1-4-41(5-2)32-23-26(22-30(39)35(32)24(3)25-14-7-6-8-15-25)40-31-19-13-21-34-36(31)38(29-18-11-12-20-33(29)43-34)28-17-10-9-16-27(28)37(42)44-38/h6-24,40H,4-5H2,1-3H3. The number of fused-ring (bicyclic) bond motifs is 6. The predicted molar refractivity (Wildman–Crippen MR) is 177 cm³/mol. The van der Waals surface area contributed by atoms with Gasteiger partial charge in [0.2, 0.25) is 0 Å². The molecule has 5 nitrogen and oxygen atoms in total. The second-order valence-corrected chi connectivity index (χ2v) is 11.6. The SMILES string of the molecule is CCN(CC)c1cc(Nc2cccc3c2C2(OC(=O)c4ccccc42)c2ccccc2O3)cc(Cl)c1C(C)c1ccccc1. The normalized spacial score (nSPS) is 16.8. The molecule has 6 heteroatoms. The summed E-state index contributed by atoms with van der Waals surface area (Å²) in [5.41, 5.74) is 6.70. The first-order valence-electron chi connectivity index (χ1n) is 15.1. The van der Waals surface area contributed by atoms with Crippen LogP contribution in [0.2, 0.25) is 5.02 Å². The largest absolute Gasteiger partial charge is 0.456 e. The summed E-state index contributed by atoms with van der Waals surface area (Å²) >= 11 is 7.16. The monoisotopic (exact) mass is 600 g/mol. The number of benzene rings is 5. The molecule has 5 aromatic carbocycles. The minimum Gasteiger partial charge on any atom is -0.456 e. The van der Waals surface area contributed by atoms with Crippen molar-refractivity contribution >= 4 is 34.6 Å². The van der Waals surface area contributed by atoms with E-state index in [-0.39, 0.29) is 11.9 Å². The highest BCUT2D eigenvalue weighted by atomic mass is 35.5. The van der Waals surface area contributed by atoms with Gasteiger partial charge in [-0.1, -0.05) is 91.3 Å². The van der Waals surface area contributed by atoms with Crippen molar-refractivity contribution in [2.75, 3.05) is 23.3 Å². The summed E-state index contributed by atoms with van der Waals surface area (Å²) < 4.78 is 12.9. The number of hydrogen-bond acceptors (Lipinski definition) is 5. The molecule has 2 heterocycles. The molecule has 2 aliphatic rings. The summed E-state index contributed by atoms with van der Waals surface area (Å²) in [7, 11) is 0. The summed E-state index contributed by atoms with van der Waals surface area (Å²) in [6, 6.07) is 35.8. The van der Waals surface area contributed by atoms with Gasteiger partial charge in [0.25, 0.3) is 0 Å². The molecule has 7 rings (SSSR count). The number of carbonyl (C=O) groups is 1. The van der Waals surface area contributed by atoms with Crippen LogP contribution in [0.3, 0.4) is 0 Å². The third kappa shape index (κ3) is 4.34. The van der Waals surface area contributed by atoms with Gasteiger partial charge < -0.3 is 19.7 Å². The summed E-state index contributed by atoms with van der Waals surface area (Å²) in [6.45, 7) is 8.20. The van der Waals surface area contributed by atoms with E-state index in [1.165, 1.54) is 5.56 Å². The van der Waals surface area contributed by atoms with E-state index in [0.717, 1.165) is 52.4 Å². The fourth-order valence-corrected chi connectivity index (χ4v) is 7.16. The number of anilines is 3. The summed E-state index contributed by atoms with van der Waals surface area (Å²) in [5.74, 6) is 1.03. The van der Waals surface area contributed by atoms with Crippen LogP contribution in [-0.2, 0) is 10.3 Å². The van der Waals surface area contributed by atoms with Crippen molar-refractivity contribution < 1.29 is 14.3 Å². The van der Waals surface area contributed by atoms with Crippen molar-refractivity contribution in [3.63, 3.8) is 0 Å². The van der Waals surface area contributed by atoms with Crippen molar-refractivity contribution in [2.45, 2.75) is 32.3 Å². The topological polar surface area (TPSA) is 50.8 Å². The van der Waals surface area contributed by atoms with Crippen LogP contribution in [0.4, 0.5) is 17.1 Å². The van der Waals surface area contributed by atoms with E-state index in [0.29, 0.717) is 22.1 Å². The molecule has 44 heavy (non-hydrogen) atoms. The quantitative estimate of drug-likeness (QED) is 0.188. The fraction of sp³-hybridized carbons (Fsp3) is 0.184. The van der Waals surface area contributed by atoms with E-state index in [4.69, 9.17) is 21.1 Å². The zero-order chi connectivity index (χ0) is 30.4. The minimum atomic E-state index is -1.17. The lowest BCUT2D eigenvalue weighted by Gasteiger charge is -2.38. The third-order valence-electron chi connectivity index (χ3n) is 8.86. The van der Waals surface area contributed by atoms with Crippen molar-refractivity contribution in [1.82, 2.24) is 0 Å². The average molecular weight is 601 g/mol. The third-order valence-corrected chi connectivity index (χ3v) is 9.17. The molecular formula is C38H33ClN2O3. The molecule has 0 fully saturated rings. The van der Waals surface area contributed by atoms with Gasteiger partial charge in [0, 0.05) is 52.1 Å². The Morgan fingerprint density at radius 3 is 2.27 bits per heavy atom. The van der Waals surface area contributed by atoms with Gasteiger partial charge in [-0.05, 0) is 55.8 Å². The molecule has 1 N–H and O–H groups in total. The number of esters is 1. The van der Waals surface area contributed by atoms with Crippen LogP contribution >= 0.6 is 11.6 Å². The Morgan fingerprint density at radius 2 is 1.50 bits per heavy atom. The van der Waals surface area contributed by atoms with Crippen LogP contribution in [0, 0.1) is 0 Å². The molecule has 0 amide bonds. The van der Waals surface area contributed by atoms with E-state index < -0.39 is 5.60 Å². The van der Waals surface area contributed by atoms with Crippen LogP contribution in [0.1, 0.15) is 64.9 Å². The molecule has 1 spiro atoms. The van der Waals surface area contributed by atoms with Gasteiger partial charge in [0.05, 0.1) is 16.8 Å². The minimum absolute atomic E-state index is 0.0976. The lowest BCUT2D eigenvalue weighted by molar-refractivity contribution is 0.0227. The molecule has 0 saturated heterocycles. The van der Waals surface area contributed by atoms with Crippen LogP contribution < -0.4 is 15.0 Å². The second-order valence-electron chi connectivity index (χ2n) is 11.2. The molecule has 2 unspecified atom stereocenters. The summed E-state index contributed by atoms with van der Waals surface area (Å²) in [4.78, 5) is 15.7. The number of hydrogen-bond donors (Lipinski definition) is 1. The predicted octanol–water partition coefficient (Wildman–Crippen LogP) is 9.65. The number of nitrogens with zero attached hydrogens (tertiary/aromatic N) is 1. The van der Waals surface area contributed by atoms with Gasteiger partial charge in [-0.15, -0.1) is 0 Å². The molecule has 2 aliphatic heterocycles. The highest BCUT2D eigenvalue weighted by Gasteiger charge is 2.54. The molecule has 0 radical (unpaired) electrons. The molecule has 220 valence electrons. The number of nitrogens with one attached hydrogen (secondary N) is 1. The van der Waals surface area contributed by atoms with Gasteiger partial charge in [-0.2, -0.15) is 0 Å². The molecule has 0 bridgehead atoms. The van der Waals surface area contributed by atoms with Gasteiger partial charge in [-0.25, -0.2) is 4.79 Å².